The van der Waals surface area contributed by atoms with Gasteiger partial charge in [0.25, 0.3) is 0 Å². The molecule has 8 heteroatoms. The molecule has 0 radical (unpaired) electrons. The largest absolute Gasteiger partial charge is 0.383 e. The number of carbonyl (C=O) groups is 1. The van der Waals surface area contributed by atoms with Crippen molar-refractivity contribution >= 4 is 43.6 Å². The predicted molar refractivity (Wildman–Crippen MR) is 90.4 cm³/mol. The number of Topliss-reactive ketones (excluding diaryl/α,β-unsaturated/α-hetero) is 1. The summed E-state index contributed by atoms with van der Waals surface area (Å²) in [5.74, 6) is -0.0883. The van der Waals surface area contributed by atoms with E-state index in [2.05, 4.69) is 20.7 Å². The van der Waals surface area contributed by atoms with Crippen LogP contribution in [0.4, 0.5) is 0 Å². The Morgan fingerprint density at radius 1 is 1.22 bits per heavy atom. The van der Waals surface area contributed by atoms with Gasteiger partial charge in [-0.1, -0.05) is 57.9 Å². The topological polar surface area (TPSA) is 72.5 Å². The quantitative estimate of drug-likeness (QED) is 0.616. The van der Waals surface area contributed by atoms with Gasteiger partial charge in [-0.2, -0.15) is 13.1 Å². The normalized spacial score (nSPS) is 20.2. The third kappa shape index (κ3) is 3.42. The predicted octanol–water partition coefficient (Wildman–Crippen LogP) is 3.25. The van der Waals surface area contributed by atoms with Crippen LogP contribution in [-0.2, 0) is 10.3 Å². The lowest BCUT2D eigenvalue weighted by atomic mass is 9.98. The summed E-state index contributed by atoms with van der Waals surface area (Å²) in [5, 5.41) is 0.422. The molecule has 0 spiro atoms. The number of alkyl halides is 1. The Bertz CT molecular complexity index is 857. The van der Waals surface area contributed by atoms with Crippen molar-refractivity contribution in [3.63, 3.8) is 0 Å². The number of fused-ring (bicyclic) bond motifs is 1. The molecule has 2 aromatic carbocycles. The molecule has 1 N–H and O–H groups in total. The van der Waals surface area contributed by atoms with Gasteiger partial charge in [-0.15, -0.1) is 0 Å². The van der Waals surface area contributed by atoms with Crippen molar-refractivity contribution in [2.75, 3.05) is 0 Å². The van der Waals surface area contributed by atoms with Gasteiger partial charge in [-0.05, 0) is 18.2 Å². The highest BCUT2D eigenvalue weighted by molar-refractivity contribution is 9.10. The van der Waals surface area contributed by atoms with Crippen LogP contribution in [-0.4, -0.2) is 19.0 Å². The summed E-state index contributed by atoms with van der Waals surface area (Å²) in [4.78, 5) is 11.8. The molecule has 0 saturated carbocycles. The first kappa shape index (κ1) is 16.4. The molecule has 0 unspecified atom stereocenters. The van der Waals surface area contributed by atoms with Crippen LogP contribution in [0.5, 0.6) is 5.75 Å². The zero-order valence-corrected chi connectivity index (χ0v) is 14.7. The number of hydrogen-bond acceptors (Lipinski definition) is 4. The minimum atomic E-state index is -3.99. The van der Waals surface area contributed by atoms with Crippen molar-refractivity contribution in [3.05, 3.63) is 64.7 Å². The van der Waals surface area contributed by atoms with E-state index in [0.717, 1.165) is 0 Å². The molecule has 0 saturated heterocycles. The van der Waals surface area contributed by atoms with Crippen LogP contribution in [0.15, 0.2) is 48.5 Å². The lowest BCUT2D eigenvalue weighted by Gasteiger charge is -2.29. The van der Waals surface area contributed by atoms with Crippen LogP contribution in [0.1, 0.15) is 22.0 Å². The molecule has 0 aromatic heterocycles. The number of halogens is 2. The number of rotatable bonds is 3. The third-order valence-corrected chi connectivity index (χ3v) is 5.50. The smallest absolute Gasteiger partial charge is 0.371 e. The molecule has 5 nitrogen and oxygen atoms in total. The van der Waals surface area contributed by atoms with Gasteiger partial charge in [0.1, 0.15) is 5.75 Å². The number of benzene rings is 2. The third-order valence-electron chi connectivity index (χ3n) is 3.38. The second kappa shape index (κ2) is 6.24. The monoisotopic (exact) mass is 415 g/mol. The molecule has 2 atom stereocenters. The second-order valence-corrected chi connectivity index (χ2v) is 7.68. The van der Waals surface area contributed by atoms with Crippen molar-refractivity contribution in [2.45, 2.75) is 10.9 Å². The summed E-state index contributed by atoms with van der Waals surface area (Å²) in [6.07, 6.45) is 0. The van der Waals surface area contributed by atoms with E-state index in [-0.39, 0.29) is 11.5 Å². The van der Waals surface area contributed by atoms with E-state index in [4.69, 9.17) is 15.8 Å². The fourth-order valence-electron chi connectivity index (χ4n) is 2.33. The van der Waals surface area contributed by atoms with E-state index >= 15 is 0 Å². The molecule has 0 fully saturated rings. The zero-order valence-electron chi connectivity index (χ0n) is 11.6. The van der Waals surface area contributed by atoms with Crippen molar-refractivity contribution in [1.29, 1.82) is 0 Å². The van der Waals surface area contributed by atoms with Crippen molar-refractivity contribution < 1.29 is 17.4 Å². The highest BCUT2D eigenvalue weighted by Gasteiger charge is 2.38. The Hall–Kier alpha value is -1.41. The number of hydrogen-bond donors (Lipinski definition) is 1. The minimum absolute atomic E-state index is 0.156. The standard InChI is InChI=1S/C15H11BrClNO4S/c16-13(15(19)9-4-2-1-3-5-9)14-11-8-10(17)6-7-12(11)22-23(20,21)18-14/h1-8,13-14,18H/t13-,14+/m0/s1. The van der Waals surface area contributed by atoms with Gasteiger partial charge >= 0.3 is 10.3 Å². The summed E-state index contributed by atoms with van der Waals surface area (Å²) < 4.78 is 31.0. The van der Waals surface area contributed by atoms with Crippen LogP contribution in [0, 0.1) is 0 Å². The lowest BCUT2D eigenvalue weighted by molar-refractivity contribution is 0.0981. The molecule has 1 aliphatic rings. The Morgan fingerprint density at radius 3 is 2.61 bits per heavy atom. The Balaban J connectivity index is 2.02. The van der Waals surface area contributed by atoms with Crippen LogP contribution in [0.2, 0.25) is 5.02 Å². The number of nitrogens with one attached hydrogen (secondary N) is 1. The van der Waals surface area contributed by atoms with E-state index in [1.165, 1.54) is 12.1 Å². The summed E-state index contributed by atoms with van der Waals surface area (Å²) in [5.41, 5.74) is 0.974. The fourth-order valence-corrected chi connectivity index (χ4v) is 4.38. The van der Waals surface area contributed by atoms with Crippen LogP contribution >= 0.6 is 27.5 Å². The molecule has 0 amide bonds. The molecule has 3 rings (SSSR count). The first-order valence-corrected chi connectivity index (χ1v) is 9.32. The molecular formula is C15H11BrClNO4S. The summed E-state index contributed by atoms with van der Waals surface area (Å²) in [6.45, 7) is 0. The van der Waals surface area contributed by atoms with Gasteiger partial charge in [0.15, 0.2) is 5.78 Å². The van der Waals surface area contributed by atoms with E-state index in [1.807, 2.05) is 0 Å². The van der Waals surface area contributed by atoms with Crippen molar-refractivity contribution in [1.82, 2.24) is 4.72 Å². The molecule has 23 heavy (non-hydrogen) atoms. The molecular weight excluding hydrogens is 406 g/mol. The maximum Gasteiger partial charge on any atom is 0.383 e. The summed E-state index contributed by atoms with van der Waals surface area (Å²) in [6, 6.07) is 12.4. The number of ketones is 1. The van der Waals surface area contributed by atoms with E-state index in [0.29, 0.717) is 16.1 Å². The Kier molecular flexibility index (Phi) is 4.46. The van der Waals surface area contributed by atoms with Crippen LogP contribution < -0.4 is 8.91 Å². The highest BCUT2D eigenvalue weighted by Crippen LogP contribution is 2.38. The van der Waals surface area contributed by atoms with Crippen molar-refractivity contribution in [2.24, 2.45) is 0 Å². The average molecular weight is 417 g/mol. The maximum absolute atomic E-state index is 12.6. The SMILES string of the molecule is O=C(c1ccccc1)[C@@H](Br)[C@@H]1NS(=O)(=O)Oc2ccc(Cl)cc21. The highest BCUT2D eigenvalue weighted by atomic mass is 79.9. The second-order valence-electron chi connectivity index (χ2n) is 4.95. The van der Waals surface area contributed by atoms with Gasteiger partial charge in [-0.25, -0.2) is 0 Å². The number of carbonyl (C=O) groups excluding carboxylic acids is 1. The Labute approximate surface area is 147 Å². The van der Waals surface area contributed by atoms with E-state index in [9.17, 15) is 13.2 Å². The minimum Gasteiger partial charge on any atom is -0.371 e. The average Bonchev–Trinajstić information content (AvgIpc) is 2.53. The van der Waals surface area contributed by atoms with E-state index < -0.39 is 21.2 Å². The molecule has 2 aromatic rings. The fraction of sp³-hybridized carbons (Fsp3) is 0.133. The first-order valence-electron chi connectivity index (χ1n) is 6.62. The van der Waals surface area contributed by atoms with E-state index in [1.54, 1.807) is 36.4 Å². The van der Waals surface area contributed by atoms with Crippen molar-refractivity contribution in [3.8, 4) is 5.75 Å². The van der Waals surface area contributed by atoms with Gasteiger partial charge < -0.3 is 4.18 Å². The zero-order chi connectivity index (χ0) is 16.6. The lowest BCUT2D eigenvalue weighted by Crippen LogP contribution is -2.42. The molecule has 0 bridgehead atoms. The van der Waals surface area contributed by atoms with Gasteiger partial charge in [-0.3, -0.25) is 4.79 Å². The maximum atomic E-state index is 12.6. The first-order chi connectivity index (χ1) is 10.9. The molecule has 1 aliphatic heterocycles. The Morgan fingerprint density at radius 2 is 1.91 bits per heavy atom. The van der Waals surface area contributed by atoms with Gasteiger partial charge in [0.2, 0.25) is 0 Å². The summed E-state index contributed by atoms with van der Waals surface area (Å²) >= 11 is 9.29. The van der Waals surface area contributed by atoms with Crippen LogP contribution in [0.25, 0.3) is 0 Å². The van der Waals surface area contributed by atoms with Gasteiger partial charge in [0, 0.05) is 16.1 Å². The summed E-state index contributed by atoms with van der Waals surface area (Å²) in [7, 11) is -3.99. The van der Waals surface area contributed by atoms with Crippen LogP contribution in [0.3, 0.4) is 0 Å². The van der Waals surface area contributed by atoms with Gasteiger partial charge in [0.05, 0.1) is 10.9 Å². The molecule has 120 valence electrons. The molecule has 0 aliphatic carbocycles. The molecule has 1 heterocycles.